The topological polar surface area (TPSA) is 35.9 Å². The number of fused-ring (bicyclic) bond motifs is 3. The van der Waals surface area contributed by atoms with Gasteiger partial charge in [0, 0.05) is 23.2 Å². The molecule has 7 rings (SSSR count). The molecule has 7 aromatic carbocycles. The molecule has 0 heterocycles. The smallest absolute Gasteiger partial charge is 0.0496 e. The molecule has 7 aromatic rings. The summed E-state index contributed by atoms with van der Waals surface area (Å²) in [7, 11) is 0. The first-order chi connectivity index (χ1) is 30.0. The van der Waals surface area contributed by atoms with E-state index in [9.17, 15) is 0 Å². The van der Waals surface area contributed by atoms with E-state index < -0.39 is 0 Å². The standard InChI is InChI=1S/C39H35N.C15H14.C6H9N/c1-7-11-27(5)32-16-14-31-15-17-34(24-36(31)23-32)35-19-21-38(29(8-2)22-35)39(28(6)26(3)4)40-37-20-18-30-12-9-10-13-33(30)25-37;1-3-12(4-2)15-10-9-13-7-5-6-8-14(13)11-15;1-6(2)4-3-5-7/h7-25,40H,1-3H2,4-6H3;3-11H,1H2,2H3;3-5,7H,1H2,2H3/b27-11+,39-28-;12-4+;4-3-,7-5?. The quantitative estimate of drug-likeness (QED) is 0.0936. The number of rotatable bonds is 12. The van der Waals surface area contributed by atoms with Crippen molar-refractivity contribution in [2.24, 2.45) is 0 Å². The van der Waals surface area contributed by atoms with E-state index in [0.717, 1.165) is 44.8 Å². The Morgan fingerprint density at radius 2 is 1.16 bits per heavy atom. The predicted octanol–water partition coefficient (Wildman–Crippen LogP) is 17.5. The van der Waals surface area contributed by atoms with Gasteiger partial charge in [-0.25, -0.2) is 0 Å². The molecule has 0 saturated heterocycles. The number of benzene rings is 7. The molecule has 0 aliphatic heterocycles. The predicted molar refractivity (Wildman–Crippen MR) is 279 cm³/mol. The Hall–Kier alpha value is -7.55. The largest absolute Gasteiger partial charge is 0.355 e. The lowest BCUT2D eigenvalue weighted by molar-refractivity contribution is 1.34. The summed E-state index contributed by atoms with van der Waals surface area (Å²) in [6.07, 6.45) is 14.5. The van der Waals surface area contributed by atoms with E-state index in [1.165, 1.54) is 66.4 Å². The van der Waals surface area contributed by atoms with Gasteiger partial charge in [0.25, 0.3) is 0 Å². The molecule has 0 radical (unpaired) electrons. The van der Waals surface area contributed by atoms with Crippen LogP contribution in [0.1, 0.15) is 56.9 Å². The van der Waals surface area contributed by atoms with Crippen LogP contribution in [0.5, 0.6) is 0 Å². The lowest BCUT2D eigenvalue weighted by Gasteiger charge is -2.19. The van der Waals surface area contributed by atoms with Gasteiger partial charge in [0.15, 0.2) is 0 Å². The van der Waals surface area contributed by atoms with E-state index in [-0.39, 0.29) is 0 Å². The van der Waals surface area contributed by atoms with E-state index in [2.05, 4.69) is 205 Å². The lowest BCUT2D eigenvalue weighted by Crippen LogP contribution is -2.04. The first kappa shape index (κ1) is 45.5. The van der Waals surface area contributed by atoms with E-state index in [1.807, 2.05) is 38.2 Å². The highest BCUT2D eigenvalue weighted by Gasteiger charge is 2.13. The number of nitrogens with one attached hydrogen (secondary N) is 2. The van der Waals surface area contributed by atoms with Crippen molar-refractivity contribution in [2.45, 2.75) is 34.6 Å². The molecule has 0 atom stereocenters. The minimum Gasteiger partial charge on any atom is -0.355 e. The van der Waals surface area contributed by atoms with Crippen molar-refractivity contribution in [2.75, 3.05) is 5.32 Å². The zero-order valence-electron chi connectivity index (χ0n) is 36.9. The Kier molecular flexibility index (Phi) is 16.3. The summed E-state index contributed by atoms with van der Waals surface area (Å²) in [6.45, 7) is 29.9. The van der Waals surface area contributed by atoms with Crippen LogP contribution in [0.4, 0.5) is 5.69 Å². The van der Waals surface area contributed by atoms with Crippen LogP contribution < -0.4 is 5.32 Å². The number of anilines is 1. The van der Waals surface area contributed by atoms with Gasteiger partial charge in [-0.3, -0.25) is 0 Å². The molecule has 2 N–H and O–H groups in total. The van der Waals surface area contributed by atoms with Crippen molar-refractivity contribution in [1.82, 2.24) is 0 Å². The second kappa shape index (κ2) is 22.2. The van der Waals surface area contributed by atoms with Gasteiger partial charge >= 0.3 is 0 Å². The second-order valence-corrected chi connectivity index (χ2v) is 15.2. The Labute approximate surface area is 369 Å². The molecular formula is C60H58N2. The number of allylic oxidation sites excluding steroid dienone is 11. The van der Waals surface area contributed by atoms with Crippen LogP contribution in [0.25, 0.3) is 66.4 Å². The summed E-state index contributed by atoms with van der Waals surface area (Å²) in [4.78, 5) is 0. The van der Waals surface area contributed by atoms with E-state index >= 15 is 0 Å². The van der Waals surface area contributed by atoms with Crippen LogP contribution in [-0.2, 0) is 0 Å². The molecule has 0 aromatic heterocycles. The molecule has 0 unspecified atom stereocenters. The van der Waals surface area contributed by atoms with E-state index in [1.54, 1.807) is 12.2 Å². The third-order valence-electron chi connectivity index (χ3n) is 10.7. The first-order valence-corrected chi connectivity index (χ1v) is 20.8. The van der Waals surface area contributed by atoms with Crippen molar-refractivity contribution in [3.63, 3.8) is 0 Å². The molecule has 0 aliphatic carbocycles. The molecule has 62 heavy (non-hydrogen) atoms. The van der Waals surface area contributed by atoms with E-state index in [4.69, 9.17) is 5.41 Å². The first-order valence-electron chi connectivity index (χ1n) is 20.8. The van der Waals surface area contributed by atoms with E-state index in [0.29, 0.717) is 0 Å². The van der Waals surface area contributed by atoms with Gasteiger partial charge in [0.05, 0.1) is 0 Å². The zero-order valence-corrected chi connectivity index (χ0v) is 36.9. The molecule has 0 aliphatic rings. The van der Waals surface area contributed by atoms with Crippen molar-refractivity contribution < 1.29 is 0 Å². The average Bonchev–Trinajstić information content (AvgIpc) is 3.30. The van der Waals surface area contributed by atoms with Crippen molar-refractivity contribution in [3.8, 4) is 11.1 Å². The molecule has 2 nitrogen and oxygen atoms in total. The van der Waals surface area contributed by atoms with Crippen LogP contribution in [-0.4, -0.2) is 6.21 Å². The second-order valence-electron chi connectivity index (χ2n) is 15.2. The molecule has 308 valence electrons. The molecule has 0 amide bonds. The average molecular weight is 807 g/mol. The van der Waals surface area contributed by atoms with Crippen molar-refractivity contribution in [1.29, 1.82) is 5.41 Å². The van der Waals surface area contributed by atoms with Crippen molar-refractivity contribution in [3.05, 3.63) is 248 Å². The summed E-state index contributed by atoms with van der Waals surface area (Å²) in [6, 6.07) is 49.7. The van der Waals surface area contributed by atoms with Crippen molar-refractivity contribution >= 4 is 67.1 Å². The lowest BCUT2D eigenvalue weighted by atomic mass is 9.93. The van der Waals surface area contributed by atoms with Gasteiger partial charge < -0.3 is 10.7 Å². The van der Waals surface area contributed by atoms with Gasteiger partial charge in [-0.05, 0) is 154 Å². The highest BCUT2D eigenvalue weighted by atomic mass is 14.9. The highest BCUT2D eigenvalue weighted by Crippen LogP contribution is 2.34. The Balaban J connectivity index is 0.000000269. The Morgan fingerprint density at radius 3 is 1.74 bits per heavy atom. The SMILES string of the molecule is C=C(C)/C=C\C=N.C=C/C(=C\C)c1ccc2ccccc2c1.C=C/C=C(\C)c1ccc2ccc(-c3ccc(/C(Nc4ccc5ccccc5c4)=C(\C)C(=C)C)c(C=C)c3)cc2c1. The number of hydrogen-bond donors (Lipinski definition) is 2. The van der Waals surface area contributed by atoms with Crippen LogP contribution in [0.2, 0.25) is 0 Å². The van der Waals surface area contributed by atoms with Crippen LogP contribution in [0.3, 0.4) is 0 Å². The maximum Gasteiger partial charge on any atom is 0.0496 e. The zero-order chi connectivity index (χ0) is 44.6. The van der Waals surface area contributed by atoms with Gasteiger partial charge in [0.1, 0.15) is 0 Å². The maximum atomic E-state index is 6.54. The summed E-state index contributed by atoms with van der Waals surface area (Å²) in [5.74, 6) is 0. The fourth-order valence-corrected chi connectivity index (χ4v) is 7.05. The van der Waals surface area contributed by atoms with Crippen LogP contribution in [0.15, 0.2) is 226 Å². The fourth-order valence-electron chi connectivity index (χ4n) is 7.05. The molecule has 2 heteroatoms. The van der Waals surface area contributed by atoms with Gasteiger partial charge in [-0.2, -0.15) is 0 Å². The maximum absolute atomic E-state index is 6.54. The minimum atomic E-state index is 0.975. The fraction of sp³-hybridized carbons (Fsp3) is 0.0833. The molecule has 0 spiro atoms. The summed E-state index contributed by atoms with van der Waals surface area (Å²) < 4.78 is 0. The van der Waals surface area contributed by atoms with Gasteiger partial charge in [-0.15, -0.1) is 0 Å². The molecular weight excluding hydrogens is 749 g/mol. The third kappa shape index (κ3) is 11.8. The van der Waals surface area contributed by atoms with Crippen LogP contribution in [0, 0.1) is 5.41 Å². The summed E-state index contributed by atoms with van der Waals surface area (Å²) in [5.41, 5.74) is 14.5. The summed E-state index contributed by atoms with van der Waals surface area (Å²) >= 11 is 0. The molecule has 0 fully saturated rings. The Morgan fingerprint density at radius 1 is 0.597 bits per heavy atom. The van der Waals surface area contributed by atoms with Crippen LogP contribution >= 0.6 is 0 Å². The Bertz CT molecular complexity index is 2920. The van der Waals surface area contributed by atoms with Gasteiger partial charge in [0.2, 0.25) is 0 Å². The minimum absolute atomic E-state index is 0.975. The molecule has 0 saturated carbocycles. The normalized spacial score (nSPS) is 11.8. The van der Waals surface area contributed by atoms with Gasteiger partial charge in [-0.1, -0.05) is 184 Å². The highest BCUT2D eigenvalue weighted by molar-refractivity contribution is 5.93. The summed E-state index contributed by atoms with van der Waals surface area (Å²) in [5, 5.41) is 17.7. The number of hydrogen-bond acceptors (Lipinski definition) is 2. The third-order valence-corrected chi connectivity index (χ3v) is 10.7. The molecule has 0 bridgehead atoms. The monoisotopic (exact) mass is 806 g/mol.